The van der Waals surface area contributed by atoms with E-state index in [0.29, 0.717) is 11.8 Å². The second-order valence-corrected chi connectivity index (χ2v) is 7.90. The molecule has 2 bridgehead atoms. The van der Waals surface area contributed by atoms with Gasteiger partial charge in [0.05, 0.1) is 0 Å². The number of carbonyl (C=O) groups excluding carboxylic acids is 2. The van der Waals surface area contributed by atoms with Crippen LogP contribution in [0, 0.1) is 17.8 Å². The molecule has 3 aliphatic rings. The maximum Gasteiger partial charge on any atom is 0.245 e. The number of amides is 2. The van der Waals surface area contributed by atoms with E-state index in [0.717, 1.165) is 45.3 Å². The molecule has 144 valence electrons. The van der Waals surface area contributed by atoms with Gasteiger partial charge in [0.15, 0.2) is 0 Å². The standard InChI is InChI=1S/C19H33N3O2.ClH/c1-3-21(4-2)19(24)16-9-6-10-22(16)18(23)15-11-13-7-5-8-14(12-15)17(13)20;/h13-17H,3-12,20H2,1-2H3;1H. The Morgan fingerprint density at radius 1 is 1.04 bits per heavy atom. The van der Waals surface area contributed by atoms with Gasteiger partial charge >= 0.3 is 0 Å². The van der Waals surface area contributed by atoms with Gasteiger partial charge in [-0.05, 0) is 64.2 Å². The summed E-state index contributed by atoms with van der Waals surface area (Å²) in [5.74, 6) is 1.46. The second kappa shape index (κ2) is 8.72. The lowest BCUT2D eigenvalue weighted by molar-refractivity contribution is -0.147. The summed E-state index contributed by atoms with van der Waals surface area (Å²) in [4.78, 5) is 29.7. The molecule has 5 nitrogen and oxygen atoms in total. The molecular formula is C19H34ClN3O2. The third-order valence-electron chi connectivity index (χ3n) is 6.66. The molecule has 1 aliphatic heterocycles. The van der Waals surface area contributed by atoms with Crippen molar-refractivity contribution in [2.24, 2.45) is 23.5 Å². The Balaban J connectivity index is 0.00000225. The van der Waals surface area contributed by atoms with E-state index in [1.165, 1.54) is 19.3 Å². The Morgan fingerprint density at radius 3 is 2.20 bits per heavy atom. The van der Waals surface area contributed by atoms with E-state index in [9.17, 15) is 9.59 Å². The molecule has 25 heavy (non-hydrogen) atoms. The van der Waals surface area contributed by atoms with Crippen LogP contribution in [0.25, 0.3) is 0 Å². The minimum absolute atomic E-state index is 0. The van der Waals surface area contributed by atoms with Gasteiger partial charge in [0, 0.05) is 31.6 Å². The van der Waals surface area contributed by atoms with Gasteiger partial charge in [-0.1, -0.05) is 6.42 Å². The molecule has 2 saturated carbocycles. The van der Waals surface area contributed by atoms with Gasteiger partial charge in [0.25, 0.3) is 0 Å². The largest absolute Gasteiger partial charge is 0.341 e. The number of likely N-dealkylation sites (tertiary alicyclic amines) is 1. The maximum atomic E-state index is 13.2. The van der Waals surface area contributed by atoms with Crippen molar-refractivity contribution in [2.45, 2.75) is 70.9 Å². The van der Waals surface area contributed by atoms with Crippen LogP contribution in [-0.2, 0) is 9.59 Å². The Hall–Kier alpha value is -0.810. The Morgan fingerprint density at radius 2 is 1.64 bits per heavy atom. The normalized spacial score (nSPS) is 34.4. The van der Waals surface area contributed by atoms with Crippen molar-refractivity contribution in [3.8, 4) is 0 Å². The van der Waals surface area contributed by atoms with Crippen LogP contribution in [0.3, 0.4) is 0 Å². The van der Waals surface area contributed by atoms with E-state index in [4.69, 9.17) is 5.73 Å². The molecule has 1 heterocycles. The number of nitrogens with two attached hydrogens (primary N) is 1. The van der Waals surface area contributed by atoms with E-state index < -0.39 is 0 Å². The fourth-order valence-electron chi connectivity index (χ4n) is 5.26. The highest BCUT2D eigenvalue weighted by Crippen LogP contribution is 2.43. The van der Waals surface area contributed by atoms with Crippen LogP contribution in [-0.4, -0.2) is 53.3 Å². The molecule has 2 amide bonds. The molecular weight excluding hydrogens is 338 g/mol. The average Bonchev–Trinajstić information content (AvgIpc) is 3.04. The van der Waals surface area contributed by atoms with E-state index in [1.807, 2.05) is 23.6 Å². The van der Waals surface area contributed by atoms with Gasteiger partial charge in [-0.15, -0.1) is 12.4 Å². The number of hydrogen-bond acceptors (Lipinski definition) is 3. The van der Waals surface area contributed by atoms with Crippen molar-refractivity contribution in [1.82, 2.24) is 9.80 Å². The quantitative estimate of drug-likeness (QED) is 0.825. The molecule has 3 unspecified atom stereocenters. The highest BCUT2D eigenvalue weighted by Gasteiger charge is 2.44. The summed E-state index contributed by atoms with van der Waals surface area (Å²) in [5.41, 5.74) is 6.37. The molecule has 2 aliphatic carbocycles. The molecule has 0 aromatic carbocycles. The lowest BCUT2D eigenvalue weighted by Gasteiger charge is -2.44. The lowest BCUT2D eigenvalue weighted by Crippen LogP contribution is -2.53. The Kier molecular flexibility index (Phi) is 7.15. The molecule has 3 rings (SSSR count). The highest BCUT2D eigenvalue weighted by molar-refractivity contribution is 5.89. The molecule has 0 aromatic heterocycles. The van der Waals surface area contributed by atoms with E-state index in [1.54, 1.807) is 0 Å². The van der Waals surface area contributed by atoms with Crippen LogP contribution >= 0.6 is 12.4 Å². The SMILES string of the molecule is CCN(CC)C(=O)C1CCCN1C(=O)C1CC2CCCC(C1)C2N.Cl. The topological polar surface area (TPSA) is 66.6 Å². The predicted molar refractivity (Wildman–Crippen MR) is 101 cm³/mol. The van der Waals surface area contributed by atoms with Crippen molar-refractivity contribution >= 4 is 24.2 Å². The number of fused-ring (bicyclic) bond motifs is 2. The van der Waals surface area contributed by atoms with Crippen molar-refractivity contribution in [1.29, 1.82) is 0 Å². The fraction of sp³-hybridized carbons (Fsp3) is 0.895. The molecule has 0 radical (unpaired) electrons. The summed E-state index contributed by atoms with van der Waals surface area (Å²) in [7, 11) is 0. The van der Waals surface area contributed by atoms with Gasteiger partial charge in [-0.2, -0.15) is 0 Å². The molecule has 0 spiro atoms. The third-order valence-corrected chi connectivity index (χ3v) is 6.66. The summed E-state index contributed by atoms with van der Waals surface area (Å²) in [6.07, 6.45) is 7.23. The molecule has 1 saturated heterocycles. The van der Waals surface area contributed by atoms with Crippen molar-refractivity contribution in [2.75, 3.05) is 19.6 Å². The van der Waals surface area contributed by atoms with Gasteiger partial charge in [0.1, 0.15) is 6.04 Å². The van der Waals surface area contributed by atoms with Crippen LogP contribution < -0.4 is 5.73 Å². The number of hydrogen-bond donors (Lipinski definition) is 1. The Bertz CT molecular complexity index is 469. The summed E-state index contributed by atoms with van der Waals surface area (Å²) < 4.78 is 0. The van der Waals surface area contributed by atoms with E-state index in [2.05, 4.69) is 0 Å². The van der Waals surface area contributed by atoms with Gasteiger partial charge in [-0.25, -0.2) is 0 Å². The number of carbonyl (C=O) groups is 2. The highest BCUT2D eigenvalue weighted by atomic mass is 35.5. The number of likely N-dealkylation sites (N-methyl/N-ethyl adjacent to an activating group) is 1. The predicted octanol–water partition coefficient (Wildman–Crippen LogP) is 2.42. The number of halogens is 1. The summed E-state index contributed by atoms with van der Waals surface area (Å²) >= 11 is 0. The zero-order valence-electron chi connectivity index (χ0n) is 15.7. The second-order valence-electron chi connectivity index (χ2n) is 7.90. The number of nitrogens with zero attached hydrogens (tertiary/aromatic N) is 2. The molecule has 2 N–H and O–H groups in total. The van der Waals surface area contributed by atoms with Crippen molar-refractivity contribution < 1.29 is 9.59 Å². The molecule has 3 atom stereocenters. The van der Waals surface area contributed by atoms with E-state index >= 15 is 0 Å². The van der Waals surface area contributed by atoms with Crippen molar-refractivity contribution in [3.05, 3.63) is 0 Å². The first-order valence-electron chi connectivity index (χ1n) is 9.91. The molecule has 3 fully saturated rings. The van der Waals surface area contributed by atoms with Gasteiger partial charge < -0.3 is 15.5 Å². The van der Waals surface area contributed by atoms with Crippen LogP contribution in [0.2, 0.25) is 0 Å². The van der Waals surface area contributed by atoms with Gasteiger partial charge in [0.2, 0.25) is 11.8 Å². The fourth-order valence-corrected chi connectivity index (χ4v) is 5.26. The molecule has 0 aromatic rings. The minimum Gasteiger partial charge on any atom is -0.341 e. The first kappa shape index (κ1) is 20.5. The van der Waals surface area contributed by atoms with Crippen LogP contribution in [0.5, 0.6) is 0 Å². The van der Waals surface area contributed by atoms with Crippen LogP contribution in [0.1, 0.15) is 58.8 Å². The summed E-state index contributed by atoms with van der Waals surface area (Å²) in [6, 6.07) is 0.0577. The monoisotopic (exact) mass is 371 g/mol. The summed E-state index contributed by atoms with van der Waals surface area (Å²) in [5, 5.41) is 0. The summed E-state index contributed by atoms with van der Waals surface area (Å²) in [6.45, 7) is 6.19. The van der Waals surface area contributed by atoms with Crippen LogP contribution in [0.4, 0.5) is 0 Å². The van der Waals surface area contributed by atoms with Gasteiger partial charge in [-0.3, -0.25) is 9.59 Å². The first-order valence-corrected chi connectivity index (χ1v) is 9.91. The Labute approximate surface area is 158 Å². The lowest BCUT2D eigenvalue weighted by atomic mass is 9.65. The smallest absolute Gasteiger partial charge is 0.245 e. The zero-order chi connectivity index (χ0) is 17.3. The average molecular weight is 372 g/mol. The van der Waals surface area contributed by atoms with Crippen LogP contribution in [0.15, 0.2) is 0 Å². The minimum atomic E-state index is -0.229. The third kappa shape index (κ3) is 3.97. The van der Waals surface area contributed by atoms with Crippen molar-refractivity contribution in [3.63, 3.8) is 0 Å². The molecule has 6 heteroatoms. The number of rotatable bonds is 4. The zero-order valence-corrected chi connectivity index (χ0v) is 16.5. The first-order chi connectivity index (χ1) is 11.6. The van der Waals surface area contributed by atoms with E-state index in [-0.39, 0.29) is 42.2 Å². The maximum absolute atomic E-state index is 13.2.